The molecular weight excluding hydrogens is 422 g/mol. The second-order valence-corrected chi connectivity index (χ2v) is 8.55. The molecule has 0 aliphatic carbocycles. The number of para-hydroxylation sites is 1. The van der Waals surface area contributed by atoms with Gasteiger partial charge < -0.3 is 4.42 Å². The second kappa shape index (κ2) is 8.01. The monoisotopic (exact) mass is 441 g/mol. The Morgan fingerprint density at radius 2 is 1.81 bits per heavy atom. The van der Waals surface area contributed by atoms with Crippen LogP contribution in [0, 0.1) is 13.8 Å². The molecule has 5 aromatic rings. The molecule has 0 aliphatic heterocycles. The van der Waals surface area contributed by atoms with Crippen molar-refractivity contribution in [1.82, 2.24) is 9.97 Å². The second-order valence-electron chi connectivity index (χ2n) is 7.57. The number of aromatic nitrogens is 2. The lowest BCUT2D eigenvalue weighted by atomic mass is 10.1. The molecule has 0 atom stereocenters. The molecule has 158 valence electrons. The fourth-order valence-electron chi connectivity index (χ4n) is 3.60. The number of pyridine rings is 1. The van der Waals surface area contributed by atoms with Gasteiger partial charge in [0.2, 0.25) is 0 Å². The van der Waals surface area contributed by atoms with Gasteiger partial charge in [0.15, 0.2) is 5.13 Å². The summed E-state index contributed by atoms with van der Waals surface area (Å²) in [6.07, 6.45) is 1.68. The number of carbonyl (C=O) groups is 1. The van der Waals surface area contributed by atoms with E-state index in [0.717, 1.165) is 21.3 Å². The average Bonchev–Trinajstić information content (AvgIpc) is 3.26. The first kappa shape index (κ1) is 20.1. The maximum Gasteiger partial charge on any atom is 0.349 e. The van der Waals surface area contributed by atoms with Gasteiger partial charge in [0.25, 0.3) is 5.91 Å². The Morgan fingerprint density at radius 1 is 1.03 bits per heavy atom. The summed E-state index contributed by atoms with van der Waals surface area (Å²) in [6.45, 7) is 4.20. The Hall–Kier alpha value is -3.84. The maximum absolute atomic E-state index is 13.7. The number of amides is 1. The lowest BCUT2D eigenvalue weighted by Crippen LogP contribution is -2.34. The van der Waals surface area contributed by atoms with Crippen LogP contribution in [0.3, 0.4) is 0 Å². The predicted octanol–water partition coefficient (Wildman–Crippen LogP) is 5.26. The van der Waals surface area contributed by atoms with E-state index in [-0.39, 0.29) is 12.1 Å². The number of thiazole rings is 1. The molecule has 3 heterocycles. The van der Waals surface area contributed by atoms with E-state index in [0.29, 0.717) is 21.8 Å². The number of carbonyl (C=O) groups excluding carboxylic acids is 1. The Kier molecular flexibility index (Phi) is 5.03. The number of anilines is 1. The summed E-state index contributed by atoms with van der Waals surface area (Å²) in [5.41, 5.74) is 3.40. The first-order chi connectivity index (χ1) is 15.5. The third-order valence-electron chi connectivity index (χ3n) is 5.33. The normalized spacial score (nSPS) is 11.2. The minimum absolute atomic E-state index is 0.0349. The third kappa shape index (κ3) is 3.56. The van der Waals surface area contributed by atoms with Gasteiger partial charge in [-0.15, -0.1) is 0 Å². The van der Waals surface area contributed by atoms with Crippen LogP contribution in [0.15, 0.2) is 76.1 Å². The molecule has 0 aliphatic rings. The number of rotatable bonds is 4. The molecule has 0 bridgehead atoms. The van der Waals surface area contributed by atoms with E-state index < -0.39 is 11.5 Å². The molecule has 5 rings (SSSR count). The van der Waals surface area contributed by atoms with Crippen molar-refractivity contribution in [2.24, 2.45) is 0 Å². The van der Waals surface area contributed by atoms with Crippen LogP contribution in [0.1, 0.15) is 27.2 Å². The zero-order valence-electron chi connectivity index (χ0n) is 17.5. The standard InChI is InChI=1S/C25H19N3O3S/c1-15-10-11-16(2)22-21(15)27-25(32-22)28(14-18-8-5-6-12-26-18)23(29)19-13-17-7-3-4-9-20(17)31-24(19)30/h3-13H,14H2,1-2H3. The highest BCUT2D eigenvalue weighted by Gasteiger charge is 2.26. The smallest absolute Gasteiger partial charge is 0.349 e. The molecule has 3 aromatic heterocycles. The zero-order chi connectivity index (χ0) is 22.2. The van der Waals surface area contributed by atoms with E-state index >= 15 is 0 Å². The molecule has 0 saturated carbocycles. The van der Waals surface area contributed by atoms with Crippen LogP contribution in [0.4, 0.5) is 5.13 Å². The summed E-state index contributed by atoms with van der Waals surface area (Å²) in [7, 11) is 0. The van der Waals surface area contributed by atoms with Gasteiger partial charge in [-0.3, -0.25) is 14.7 Å². The lowest BCUT2D eigenvalue weighted by Gasteiger charge is -2.19. The Labute approximate surface area is 187 Å². The zero-order valence-corrected chi connectivity index (χ0v) is 18.3. The fraction of sp³-hybridized carbons (Fsp3) is 0.120. The van der Waals surface area contributed by atoms with E-state index in [9.17, 15) is 9.59 Å². The highest BCUT2D eigenvalue weighted by atomic mass is 32.1. The number of aryl methyl sites for hydroxylation is 2. The SMILES string of the molecule is Cc1ccc(C)c2sc(N(Cc3ccccn3)C(=O)c3cc4ccccc4oc3=O)nc12. The summed E-state index contributed by atoms with van der Waals surface area (Å²) in [5, 5.41) is 1.20. The molecular formula is C25H19N3O3S. The first-order valence-electron chi connectivity index (χ1n) is 10.1. The molecule has 0 N–H and O–H groups in total. The van der Waals surface area contributed by atoms with Crippen molar-refractivity contribution >= 4 is 43.6 Å². The molecule has 0 fully saturated rings. The first-order valence-corrected chi connectivity index (χ1v) is 10.9. The van der Waals surface area contributed by atoms with Crippen molar-refractivity contribution < 1.29 is 9.21 Å². The summed E-state index contributed by atoms with van der Waals surface area (Å²) >= 11 is 1.43. The number of hydrogen-bond donors (Lipinski definition) is 0. The highest BCUT2D eigenvalue weighted by Crippen LogP contribution is 2.34. The molecule has 0 radical (unpaired) electrons. The highest BCUT2D eigenvalue weighted by molar-refractivity contribution is 7.22. The molecule has 6 nitrogen and oxygen atoms in total. The van der Waals surface area contributed by atoms with Crippen molar-refractivity contribution in [2.45, 2.75) is 20.4 Å². The van der Waals surface area contributed by atoms with Crippen LogP contribution in [0.5, 0.6) is 0 Å². The van der Waals surface area contributed by atoms with Gasteiger partial charge in [-0.1, -0.05) is 47.7 Å². The van der Waals surface area contributed by atoms with Gasteiger partial charge in [0, 0.05) is 11.6 Å². The van der Waals surface area contributed by atoms with Crippen LogP contribution >= 0.6 is 11.3 Å². The topological polar surface area (TPSA) is 76.3 Å². The van der Waals surface area contributed by atoms with Crippen molar-refractivity contribution in [3.05, 3.63) is 99.7 Å². The summed E-state index contributed by atoms with van der Waals surface area (Å²) < 4.78 is 6.43. The van der Waals surface area contributed by atoms with Crippen molar-refractivity contribution in [1.29, 1.82) is 0 Å². The number of fused-ring (bicyclic) bond motifs is 2. The van der Waals surface area contributed by atoms with E-state index in [4.69, 9.17) is 9.40 Å². The molecule has 0 unspecified atom stereocenters. The van der Waals surface area contributed by atoms with Crippen molar-refractivity contribution in [2.75, 3.05) is 4.90 Å². The summed E-state index contributed by atoms with van der Waals surface area (Å²) in [4.78, 5) is 37.0. The lowest BCUT2D eigenvalue weighted by molar-refractivity contribution is 0.0981. The quantitative estimate of drug-likeness (QED) is 0.356. The Morgan fingerprint density at radius 3 is 2.59 bits per heavy atom. The minimum Gasteiger partial charge on any atom is -0.422 e. The van der Waals surface area contributed by atoms with E-state index in [1.165, 1.54) is 16.2 Å². The van der Waals surface area contributed by atoms with Gasteiger partial charge in [0.1, 0.15) is 11.1 Å². The Bertz CT molecular complexity index is 1480. The van der Waals surface area contributed by atoms with Gasteiger partial charge in [-0.05, 0) is 49.2 Å². The van der Waals surface area contributed by atoms with Crippen LogP contribution in [-0.2, 0) is 6.54 Å². The molecule has 0 saturated heterocycles. The fourth-order valence-corrected chi connectivity index (χ4v) is 4.71. The van der Waals surface area contributed by atoms with Gasteiger partial charge >= 0.3 is 5.63 Å². The minimum atomic E-state index is -0.673. The van der Waals surface area contributed by atoms with Crippen LogP contribution in [0.25, 0.3) is 21.2 Å². The number of benzene rings is 2. The van der Waals surface area contributed by atoms with Gasteiger partial charge in [-0.2, -0.15) is 0 Å². The third-order valence-corrected chi connectivity index (χ3v) is 6.54. The van der Waals surface area contributed by atoms with E-state index in [1.807, 2.05) is 56.3 Å². The molecule has 2 aromatic carbocycles. The van der Waals surface area contributed by atoms with Gasteiger partial charge in [0.05, 0.1) is 22.5 Å². The van der Waals surface area contributed by atoms with E-state index in [2.05, 4.69) is 4.98 Å². The summed E-state index contributed by atoms with van der Waals surface area (Å²) in [5.74, 6) is -0.468. The summed E-state index contributed by atoms with van der Waals surface area (Å²) in [6, 6.07) is 18.3. The van der Waals surface area contributed by atoms with Gasteiger partial charge in [-0.25, -0.2) is 9.78 Å². The van der Waals surface area contributed by atoms with Crippen LogP contribution in [0.2, 0.25) is 0 Å². The molecule has 7 heteroatoms. The van der Waals surface area contributed by atoms with Crippen LogP contribution in [-0.4, -0.2) is 15.9 Å². The van der Waals surface area contributed by atoms with E-state index in [1.54, 1.807) is 24.4 Å². The number of hydrogen-bond acceptors (Lipinski definition) is 6. The van der Waals surface area contributed by atoms with Crippen molar-refractivity contribution in [3.63, 3.8) is 0 Å². The van der Waals surface area contributed by atoms with Crippen LogP contribution < -0.4 is 10.5 Å². The maximum atomic E-state index is 13.7. The number of nitrogens with zero attached hydrogens (tertiary/aromatic N) is 3. The Balaban J connectivity index is 1.66. The average molecular weight is 442 g/mol. The molecule has 0 spiro atoms. The molecule has 32 heavy (non-hydrogen) atoms. The molecule has 1 amide bonds. The predicted molar refractivity (Wildman–Crippen MR) is 126 cm³/mol. The largest absolute Gasteiger partial charge is 0.422 e. The van der Waals surface area contributed by atoms with Crippen molar-refractivity contribution in [3.8, 4) is 0 Å².